The van der Waals surface area contributed by atoms with Gasteiger partial charge in [0.1, 0.15) is 31.0 Å². The summed E-state index contributed by atoms with van der Waals surface area (Å²) in [4.78, 5) is 46.9. The summed E-state index contributed by atoms with van der Waals surface area (Å²) in [6, 6.07) is 0. The Morgan fingerprint density at radius 2 is 1.64 bits per heavy atom. The molecule has 1 aliphatic carbocycles. The third-order valence-electron chi connectivity index (χ3n) is 6.47. The molecule has 36 heavy (non-hydrogen) atoms. The molecule has 3 aliphatic rings. The van der Waals surface area contributed by atoms with Crippen LogP contribution in [0.2, 0.25) is 0 Å². The number of rotatable bonds is 9. The minimum absolute atomic E-state index is 0.0716. The van der Waals surface area contributed by atoms with E-state index in [4.69, 9.17) is 28.4 Å². The lowest BCUT2D eigenvalue weighted by Crippen LogP contribution is -2.61. The molecule has 11 nitrogen and oxygen atoms in total. The number of fused-ring (bicyclic) bond motifs is 1. The first kappa shape index (κ1) is 28.1. The van der Waals surface area contributed by atoms with Crippen LogP contribution >= 0.6 is 0 Å². The molecule has 0 bridgehead atoms. The fourth-order valence-corrected chi connectivity index (χ4v) is 4.99. The highest BCUT2D eigenvalue weighted by Gasteiger charge is 2.60. The van der Waals surface area contributed by atoms with Gasteiger partial charge < -0.3 is 33.2 Å². The zero-order chi connectivity index (χ0) is 26.3. The first-order chi connectivity index (χ1) is 17.1. The monoisotopic (exact) mass is 512 g/mol. The molecule has 11 heteroatoms. The summed E-state index contributed by atoms with van der Waals surface area (Å²) < 4.78 is 40.3. The van der Waals surface area contributed by atoms with Gasteiger partial charge >= 0.3 is 23.9 Å². The van der Waals surface area contributed by atoms with Crippen LogP contribution in [0.4, 0.5) is 0 Å². The van der Waals surface area contributed by atoms with Gasteiger partial charge in [0.2, 0.25) is 0 Å². The Kier molecular flexibility index (Phi) is 9.86. The van der Waals surface area contributed by atoms with Gasteiger partial charge in [0.05, 0.1) is 13.5 Å². The Morgan fingerprint density at radius 1 is 0.944 bits per heavy atom. The average molecular weight is 513 g/mol. The van der Waals surface area contributed by atoms with E-state index in [1.54, 1.807) is 12.2 Å². The van der Waals surface area contributed by atoms with Crippen molar-refractivity contribution in [3.63, 3.8) is 0 Å². The molecule has 0 aromatic rings. The first-order valence-electron chi connectivity index (χ1n) is 12.3. The van der Waals surface area contributed by atoms with E-state index in [-0.39, 0.29) is 19.4 Å². The summed E-state index contributed by atoms with van der Waals surface area (Å²) in [5, 5.41) is 0. The predicted octanol–water partition coefficient (Wildman–Crippen LogP) is 2.13. The molecule has 0 N–H and O–H groups in total. The fourth-order valence-electron chi connectivity index (χ4n) is 4.99. The van der Waals surface area contributed by atoms with Crippen LogP contribution in [0.25, 0.3) is 0 Å². The smallest absolute Gasteiger partial charge is 0.309 e. The molecule has 0 aromatic heterocycles. The van der Waals surface area contributed by atoms with E-state index in [9.17, 15) is 19.2 Å². The Morgan fingerprint density at radius 3 is 2.25 bits per heavy atom. The summed E-state index contributed by atoms with van der Waals surface area (Å²) in [5.41, 5.74) is 0. The van der Waals surface area contributed by atoms with Gasteiger partial charge in [-0.15, -0.1) is 0 Å². The zero-order valence-electron chi connectivity index (χ0n) is 21.3. The molecule has 2 saturated heterocycles. The van der Waals surface area contributed by atoms with Crippen molar-refractivity contribution in [2.45, 2.75) is 108 Å². The van der Waals surface area contributed by atoms with Crippen LogP contribution in [0, 0.1) is 0 Å². The normalized spacial score (nSPS) is 29.8. The summed E-state index contributed by atoms with van der Waals surface area (Å²) in [7, 11) is 1.30. The van der Waals surface area contributed by atoms with E-state index in [1.165, 1.54) is 27.9 Å². The molecular formula is C25H36O11. The minimum Gasteiger partial charge on any atom is -0.469 e. The third-order valence-corrected chi connectivity index (χ3v) is 6.47. The highest BCUT2D eigenvalue weighted by Crippen LogP contribution is 2.46. The lowest BCUT2D eigenvalue weighted by Gasteiger charge is -2.43. The molecule has 0 amide bonds. The fraction of sp³-hybridized carbons (Fsp3) is 0.760. The second-order valence-corrected chi connectivity index (χ2v) is 9.29. The van der Waals surface area contributed by atoms with E-state index < -0.39 is 66.3 Å². The maximum Gasteiger partial charge on any atom is 0.309 e. The van der Waals surface area contributed by atoms with Crippen molar-refractivity contribution in [2.75, 3.05) is 13.7 Å². The van der Waals surface area contributed by atoms with Gasteiger partial charge in [0, 0.05) is 33.6 Å². The van der Waals surface area contributed by atoms with Gasteiger partial charge in [-0.3, -0.25) is 19.2 Å². The zero-order valence-corrected chi connectivity index (χ0v) is 21.3. The average Bonchev–Trinajstić information content (AvgIpc) is 3.18. The molecule has 1 unspecified atom stereocenters. The number of carbonyl (C=O) groups excluding carboxylic acids is 4. The molecule has 2 heterocycles. The quantitative estimate of drug-likeness (QED) is 0.256. The maximum absolute atomic E-state index is 12.0. The number of ether oxygens (including phenoxy) is 7. The largest absolute Gasteiger partial charge is 0.469 e. The Labute approximate surface area is 210 Å². The number of hydrogen-bond donors (Lipinski definition) is 0. The van der Waals surface area contributed by atoms with Crippen LogP contribution in [-0.2, 0) is 52.3 Å². The van der Waals surface area contributed by atoms with E-state index in [2.05, 4.69) is 4.74 Å². The van der Waals surface area contributed by atoms with Crippen molar-refractivity contribution in [2.24, 2.45) is 0 Å². The Bertz CT molecular complexity index is 832. The molecule has 1 saturated carbocycles. The van der Waals surface area contributed by atoms with Gasteiger partial charge in [0.25, 0.3) is 0 Å². The van der Waals surface area contributed by atoms with E-state index >= 15 is 0 Å². The van der Waals surface area contributed by atoms with Gasteiger partial charge in [-0.05, 0) is 19.3 Å². The molecule has 3 rings (SSSR count). The summed E-state index contributed by atoms with van der Waals surface area (Å²) in [6.45, 7) is 3.58. The van der Waals surface area contributed by atoms with E-state index in [0.717, 1.165) is 19.3 Å². The second-order valence-electron chi connectivity index (χ2n) is 9.29. The molecule has 0 aromatic carbocycles. The van der Waals surface area contributed by atoms with Crippen molar-refractivity contribution in [1.29, 1.82) is 0 Å². The first-order valence-corrected chi connectivity index (χ1v) is 12.3. The molecule has 0 radical (unpaired) electrons. The van der Waals surface area contributed by atoms with Gasteiger partial charge in [-0.1, -0.05) is 18.6 Å². The topological polar surface area (TPSA) is 133 Å². The Balaban J connectivity index is 1.91. The lowest BCUT2D eigenvalue weighted by atomic mass is 9.90. The number of methoxy groups -OCH3 is 1. The highest BCUT2D eigenvalue weighted by atomic mass is 16.8. The van der Waals surface area contributed by atoms with Crippen LogP contribution in [0.15, 0.2) is 12.2 Å². The van der Waals surface area contributed by atoms with Gasteiger partial charge in [-0.25, -0.2) is 0 Å². The van der Waals surface area contributed by atoms with Crippen molar-refractivity contribution < 1.29 is 52.3 Å². The van der Waals surface area contributed by atoms with Crippen molar-refractivity contribution in [3.8, 4) is 0 Å². The second kappa shape index (κ2) is 12.6. The third kappa shape index (κ3) is 7.27. The van der Waals surface area contributed by atoms with E-state index in [1.807, 2.05) is 0 Å². The van der Waals surface area contributed by atoms with Crippen LogP contribution in [0.5, 0.6) is 0 Å². The minimum atomic E-state index is -0.971. The maximum atomic E-state index is 12.0. The molecule has 2 aliphatic heterocycles. The standard InChI is InChI=1S/C25H36O11/c1-15(26)31-14-19(32-16(2)27)22-24-23(35-25(36-24)12-8-5-9-13-25)21(33-17(3)28)18(34-22)10-6-7-11-20(29)30-4/h6-7,18-19,21-24H,5,8-14H2,1-4H3/b7-6+/t18?,19-,21+,22+,23+,24-/m1/s1. The van der Waals surface area contributed by atoms with Gasteiger partial charge in [0.15, 0.2) is 18.0 Å². The van der Waals surface area contributed by atoms with Crippen LogP contribution in [0.1, 0.15) is 65.7 Å². The SMILES string of the molecule is COC(=O)C/C=C/CC1O[C@@H]([C@@H](COC(C)=O)OC(C)=O)[C@H]2OC3(CCCCC3)O[C@H]2[C@H]1OC(C)=O. The predicted molar refractivity (Wildman–Crippen MR) is 122 cm³/mol. The van der Waals surface area contributed by atoms with E-state index in [0.29, 0.717) is 12.8 Å². The summed E-state index contributed by atoms with van der Waals surface area (Å²) >= 11 is 0. The lowest BCUT2D eigenvalue weighted by molar-refractivity contribution is -0.232. The number of carbonyl (C=O) groups is 4. The van der Waals surface area contributed by atoms with Crippen LogP contribution in [-0.4, -0.2) is 80.0 Å². The van der Waals surface area contributed by atoms with Crippen molar-refractivity contribution in [1.82, 2.24) is 0 Å². The van der Waals surface area contributed by atoms with Crippen molar-refractivity contribution in [3.05, 3.63) is 12.2 Å². The summed E-state index contributed by atoms with van der Waals surface area (Å²) in [6.07, 6.45) is 3.19. The molecule has 202 valence electrons. The number of hydrogen-bond acceptors (Lipinski definition) is 11. The van der Waals surface area contributed by atoms with Crippen LogP contribution in [0.3, 0.4) is 0 Å². The molecule has 3 fully saturated rings. The van der Waals surface area contributed by atoms with Crippen molar-refractivity contribution >= 4 is 23.9 Å². The Hall–Kier alpha value is -2.50. The van der Waals surface area contributed by atoms with Gasteiger partial charge in [-0.2, -0.15) is 0 Å². The number of esters is 4. The molecular weight excluding hydrogens is 476 g/mol. The summed E-state index contributed by atoms with van der Waals surface area (Å²) in [5.74, 6) is -2.87. The molecule has 1 spiro atoms. The van der Waals surface area contributed by atoms with Crippen LogP contribution < -0.4 is 0 Å². The molecule has 6 atom stereocenters. The highest BCUT2D eigenvalue weighted by molar-refractivity contribution is 5.70.